The molecule has 0 N–H and O–H groups in total. The standard InChI is InChI=1S/C14H18N2O.C13H15NO2.2CH4/c1-7-8(2)10(4)13-12(9(7)3)11(5)15-16(6)14(13)17;1-6-7(2)9(4)12-11(8(6)3)10(5)14-16-13(12)15;;/h1-6H3;1-5H3;2*1H4. The summed E-state index contributed by atoms with van der Waals surface area (Å²) in [6.07, 6.45) is 0. The van der Waals surface area contributed by atoms with Gasteiger partial charge in [-0.1, -0.05) is 20.0 Å². The summed E-state index contributed by atoms with van der Waals surface area (Å²) in [7, 11) is 1.71. The Morgan fingerprint density at radius 1 is 0.543 bits per heavy atom. The Morgan fingerprint density at radius 3 is 1.37 bits per heavy atom. The molecule has 0 atom stereocenters. The first-order chi connectivity index (χ1) is 15.3. The Kier molecular flexibility index (Phi) is 8.97. The van der Waals surface area contributed by atoms with E-state index in [0.717, 1.165) is 49.8 Å². The lowest BCUT2D eigenvalue weighted by atomic mass is 9.92. The zero-order valence-corrected chi connectivity index (χ0v) is 21.6. The Bertz CT molecular complexity index is 1560. The van der Waals surface area contributed by atoms with Crippen LogP contribution < -0.4 is 11.2 Å². The molecule has 0 aliphatic carbocycles. The van der Waals surface area contributed by atoms with Crippen molar-refractivity contribution in [2.45, 2.75) is 84.1 Å². The van der Waals surface area contributed by atoms with Crippen LogP contribution in [0, 0.1) is 69.2 Å². The third kappa shape index (κ3) is 4.66. The number of fused-ring (bicyclic) bond motifs is 2. The molecule has 6 heteroatoms. The van der Waals surface area contributed by atoms with Crippen molar-refractivity contribution in [1.82, 2.24) is 14.9 Å². The Labute approximate surface area is 209 Å². The second-order valence-electron chi connectivity index (χ2n) is 9.07. The highest BCUT2D eigenvalue weighted by Crippen LogP contribution is 2.29. The van der Waals surface area contributed by atoms with Gasteiger partial charge in [0.15, 0.2) is 0 Å². The van der Waals surface area contributed by atoms with E-state index in [1.54, 1.807) is 7.05 Å². The van der Waals surface area contributed by atoms with Crippen LogP contribution in [0.2, 0.25) is 0 Å². The Morgan fingerprint density at radius 2 is 0.914 bits per heavy atom. The molecule has 2 aromatic carbocycles. The fourth-order valence-corrected chi connectivity index (χ4v) is 4.74. The van der Waals surface area contributed by atoms with Crippen molar-refractivity contribution in [1.29, 1.82) is 0 Å². The van der Waals surface area contributed by atoms with Gasteiger partial charge in [-0.2, -0.15) is 5.10 Å². The van der Waals surface area contributed by atoms with Gasteiger partial charge in [-0.05, 0) is 114 Å². The van der Waals surface area contributed by atoms with Gasteiger partial charge in [0.05, 0.1) is 22.2 Å². The molecular weight excluding hydrogens is 438 g/mol. The summed E-state index contributed by atoms with van der Waals surface area (Å²) in [5, 5.41) is 11.5. The van der Waals surface area contributed by atoms with Gasteiger partial charge in [0.1, 0.15) is 0 Å². The van der Waals surface area contributed by atoms with Crippen molar-refractivity contribution in [2.24, 2.45) is 7.05 Å². The second kappa shape index (κ2) is 10.5. The molecule has 0 bridgehead atoms. The van der Waals surface area contributed by atoms with E-state index in [9.17, 15) is 9.59 Å². The fraction of sp³-hybridized carbons (Fsp3) is 0.448. The molecule has 0 amide bonds. The lowest BCUT2D eigenvalue weighted by Crippen LogP contribution is -2.22. The zero-order chi connectivity index (χ0) is 24.9. The third-order valence-corrected chi connectivity index (χ3v) is 7.38. The van der Waals surface area contributed by atoms with Gasteiger partial charge < -0.3 is 4.52 Å². The molecule has 0 unspecified atom stereocenters. The average molecular weight is 480 g/mol. The maximum Gasteiger partial charge on any atom is 0.366 e. The minimum absolute atomic E-state index is 0. The topological polar surface area (TPSA) is 78.0 Å². The summed E-state index contributed by atoms with van der Waals surface area (Å²) < 4.78 is 6.23. The van der Waals surface area contributed by atoms with E-state index < -0.39 is 0 Å². The van der Waals surface area contributed by atoms with Crippen molar-refractivity contribution in [3.8, 4) is 0 Å². The predicted octanol–water partition coefficient (Wildman–Crippen LogP) is 6.48. The number of nitrogens with zero attached hydrogens (tertiary/aromatic N) is 3. The van der Waals surface area contributed by atoms with E-state index in [1.165, 1.54) is 26.9 Å². The first-order valence-electron chi connectivity index (χ1n) is 11.1. The molecule has 0 aliphatic heterocycles. The second-order valence-corrected chi connectivity index (χ2v) is 9.07. The van der Waals surface area contributed by atoms with E-state index in [1.807, 2.05) is 41.5 Å². The Balaban J connectivity index is 0.000000332. The highest BCUT2D eigenvalue weighted by atomic mass is 16.5. The smallest absolute Gasteiger partial charge is 0.312 e. The van der Waals surface area contributed by atoms with Crippen molar-refractivity contribution in [3.63, 3.8) is 0 Å². The first kappa shape index (κ1) is 29.8. The average Bonchev–Trinajstić information content (AvgIpc) is 2.77. The number of benzene rings is 2. The van der Waals surface area contributed by atoms with Crippen LogP contribution in [0.1, 0.15) is 70.7 Å². The first-order valence-corrected chi connectivity index (χ1v) is 11.1. The van der Waals surface area contributed by atoms with E-state index in [4.69, 9.17) is 4.52 Å². The molecule has 0 fully saturated rings. The lowest BCUT2D eigenvalue weighted by Gasteiger charge is -2.15. The van der Waals surface area contributed by atoms with Crippen molar-refractivity contribution in [2.75, 3.05) is 0 Å². The number of rotatable bonds is 0. The number of hydrogen-bond acceptors (Lipinski definition) is 5. The molecule has 0 spiro atoms. The number of aromatic nitrogens is 3. The van der Waals surface area contributed by atoms with Gasteiger partial charge >= 0.3 is 5.63 Å². The van der Waals surface area contributed by atoms with Gasteiger partial charge in [0.25, 0.3) is 5.56 Å². The minimum Gasteiger partial charge on any atom is -0.312 e. The van der Waals surface area contributed by atoms with Crippen LogP contribution in [0.3, 0.4) is 0 Å². The number of aryl methyl sites for hydroxylation is 7. The molecular formula is C29H41N3O3. The monoisotopic (exact) mass is 479 g/mol. The highest BCUT2D eigenvalue weighted by molar-refractivity contribution is 5.92. The molecule has 4 rings (SSSR count). The maximum atomic E-state index is 12.2. The van der Waals surface area contributed by atoms with Crippen LogP contribution >= 0.6 is 0 Å². The molecule has 0 saturated heterocycles. The summed E-state index contributed by atoms with van der Waals surface area (Å²) in [6.45, 7) is 20.2. The molecule has 0 radical (unpaired) electrons. The molecule has 0 aliphatic rings. The van der Waals surface area contributed by atoms with E-state index in [0.29, 0.717) is 5.39 Å². The summed E-state index contributed by atoms with van der Waals surface area (Å²) in [4.78, 5) is 24.0. The van der Waals surface area contributed by atoms with Crippen LogP contribution in [0.4, 0.5) is 0 Å². The molecule has 2 aromatic heterocycles. The van der Waals surface area contributed by atoms with Crippen LogP contribution in [-0.2, 0) is 7.05 Å². The van der Waals surface area contributed by atoms with Crippen molar-refractivity contribution >= 4 is 21.5 Å². The SMILES string of the molecule is C.C.Cc1c(C)c(C)c2c(=O)n(C)nc(C)c2c1C.Cc1c(C)c(C)c2c(=O)onc(C)c2c1C. The lowest BCUT2D eigenvalue weighted by molar-refractivity contribution is 0.370. The van der Waals surface area contributed by atoms with Gasteiger partial charge in [-0.25, -0.2) is 9.48 Å². The van der Waals surface area contributed by atoms with Crippen molar-refractivity contribution in [3.05, 3.63) is 76.7 Å². The number of hydrogen-bond donors (Lipinski definition) is 0. The normalized spacial score (nSPS) is 10.5. The zero-order valence-electron chi connectivity index (χ0n) is 21.6. The van der Waals surface area contributed by atoms with Crippen LogP contribution in [0.15, 0.2) is 14.1 Å². The third-order valence-electron chi connectivity index (χ3n) is 7.38. The van der Waals surface area contributed by atoms with Gasteiger partial charge in [-0.15, -0.1) is 0 Å². The van der Waals surface area contributed by atoms with Gasteiger partial charge in [-0.3, -0.25) is 4.79 Å². The van der Waals surface area contributed by atoms with E-state index in [2.05, 4.69) is 38.0 Å². The predicted molar refractivity (Wildman–Crippen MR) is 148 cm³/mol. The largest absolute Gasteiger partial charge is 0.366 e. The molecule has 35 heavy (non-hydrogen) atoms. The molecule has 4 aromatic rings. The van der Waals surface area contributed by atoms with Crippen molar-refractivity contribution < 1.29 is 4.52 Å². The van der Waals surface area contributed by atoms with Gasteiger partial charge in [0.2, 0.25) is 0 Å². The molecule has 6 nitrogen and oxygen atoms in total. The maximum absolute atomic E-state index is 12.2. The molecule has 2 heterocycles. The fourth-order valence-electron chi connectivity index (χ4n) is 4.74. The quantitative estimate of drug-likeness (QED) is 0.288. The molecule has 0 saturated carbocycles. The van der Waals surface area contributed by atoms with Crippen LogP contribution in [0.5, 0.6) is 0 Å². The van der Waals surface area contributed by atoms with Crippen LogP contribution in [0.25, 0.3) is 21.5 Å². The summed E-state index contributed by atoms with van der Waals surface area (Å²) in [5.74, 6) is 0. The van der Waals surface area contributed by atoms with Gasteiger partial charge in [0, 0.05) is 17.8 Å². The molecule has 190 valence electrons. The van der Waals surface area contributed by atoms with Crippen LogP contribution in [-0.4, -0.2) is 14.9 Å². The van der Waals surface area contributed by atoms with E-state index >= 15 is 0 Å². The van der Waals surface area contributed by atoms with E-state index in [-0.39, 0.29) is 26.0 Å². The highest BCUT2D eigenvalue weighted by Gasteiger charge is 2.16. The summed E-state index contributed by atoms with van der Waals surface area (Å²) in [6, 6.07) is 0. The summed E-state index contributed by atoms with van der Waals surface area (Å²) in [5.41, 5.74) is 10.6. The minimum atomic E-state index is -0.343. The summed E-state index contributed by atoms with van der Waals surface area (Å²) >= 11 is 0. The Hall–Kier alpha value is -3.28.